The van der Waals surface area contributed by atoms with Crippen molar-refractivity contribution in [1.29, 1.82) is 0 Å². The molecule has 0 bridgehead atoms. The van der Waals surface area contributed by atoms with Crippen LogP contribution in [-0.2, 0) is 0 Å². The normalized spacial score (nSPS) is 20.3. The average Bonchev–Trinajstić information content (AvgIpc) is 3.75. The molecule has 3 aliphatic rings. The Morgan fingerprint density at radius 2 is 2.11 bits per heavy atom. The van der Waals surface area contributed by atoms with E-state index in [4.69, 9.17) is 5.73 Å². The molecule has 3 fully saturated rings. The first-order valence-corrected chi connectivity index (χ1v) is 13.1. The Hall–Kier alpha value is -3.47. The number of rotatable bonds is 8. The molecule has 11 heteroatoms. The number of hydrogen-bond acceptors (Lipinski definition) is 9. The fourth-order valence-electron chi connectivity index (χ4n) is 4.42. The van der Waals surface area contributed by atoms with Gasteiger partial charge in [-0.1, -0.05) is 6.92 Å². The van der Waals surface area contributed by atoms with Gasteiger partial charge in [0.25, 0.3) is 5.91 Å². The van der Waals surface area contributed by atoms with Gasteiger partial charge in [0.1, 0.15) is 17.8 Å². The zero-order valence-corrected chi connectivity index (χ0v) is 20.5. The highest BCUT2D eigenvalue weighted by molar-refractivity contribution is 7.13. The number of aromatic nitrogens is 5. The van der Waals surface area contributed by atoms with Gasteiger partial charge in [-0.2, -0.15) is 0 Å². The third-order valence-electron chi connectivity index (χ3n) is 6.77. The molecule has 1 amide bonds. The quantitative estimate of drug-likeness (QED) is 0.434. The lowest BCUT2D eigenvalue weighted by molar-refractivity contribution is 0.102. The van der Waals surface area contributed by atoms with Gasteiger partial charge in [-0.05, 0) is 50.0 Å². The minimum atomic E-state index is -0.311. The van der Waals surface area contributed by atoms with E-state index < -0.39 is 0 Å². The van der Waals surface area contributed by atoms with Gasteiger partial charge >= 0.3 is 0 Å². The standard InChI is InChI=1S/C24H29N9OS/c1-14-6-7-32(11-14)20-10-27-19(8-18(20)26-9-17(25)15-2-3-15)23(34)29-21-12-35-24(30-21)22-31-28-13-33(22)16-4-5-16/h8-10,12-16H,2-7,11,25H2,1H3,(H,26,27)(H,29,34)/b17-9-. The molecule has 0 aromatic carbocycles. The van der Waals surface area contributed by atoms with Crippen LogP contribution in [0, 0.1) is 11.8 Å². The van der Waals surface area contributed by atoms with Gasteiger partial charge in [0.05, 0.1) is 17.6 Å². The predicted octanol–water partition coefficient (Wildman–Crippen LogP) is 3.85. The minimum absolute atomic E-state index is 0.311. The molecule has 2 aliphatic carbocycles. The molecule has 3 aromatic heterocycles. The van der Waals surface area contributed by atoms with Crippen LogP contribution in [0.25, 0.3) is 10.8 Å². The van der Waals surface area contributed by atoms with Crippen molar-refractivity contribution in [3.05, 3.63) is 41.6 Å². The van der Waals surface area contributed by atoms with Crippen LogP contribution in [0.4, 0.5) is 17.2 Å². The lowest BCUT2D eigenvalue weighted by Crippen LogP contribution is -2.22. The number of allylic oxidation sites excluding steroid dienone is 1. The summed E-state index contributed by atoms with van der Waals surface area (Å²) in [7, 11) is 0. The number of carbonyl (C=O) groups excluding carboxylic acids is 1. The molecule has 1 aliphatic heterocycles. The summed E-state index contributed by atoms with van der Waals surface area (Å²) < 4.78 is 2.06. The lowest BCUT2D eigenvalue weighted by atomic mass is 10.2. The van der Waals surface area contributed by atoms with Gasteiger partial charge in [-0.3, -0.25) is 4.79 Å². The summed E-state index contributed by atoms with van der Waals surface area (Å²) in [5, 5.41) is 17.0. The SMILES string of the molecule is CC1CCN(c2cnc(C(=O)Nc3csc(-c4nncn4C4CC4)n3)cc2N/C=C(\N)C2CC2)C1. The van der Waals surface area contributed by atoms with E-state index in [1.165, 1.54) is 11.3 Å². The number of pyridine rings is 1. The summed E-state index contributed by atoms with van der Waals surface area (Å²) in [5.74, 6) is 2.00. The van der Waals surface area contributed by atoms with Gasteiger partial charge in [0.15, 0.2) is 10.8 Å². The number of nitrogens with one attached hydrogen (secondary N) is 2. The molecule has 35 heavy (non-hydrogen) atoms. The van der Waals surface area contributed by atoms with Gasteiger partial charge in [-0.25, -0.2) is 9.97 Å². The Labute approximate surface area is 207 Å². The van der Waals surface area contributed by atoms with Crippen LogP contribution in [0.5, 0.6) is 0 Å². The first kappa shape index (κ1) is 22.0. The highest BCUT2D eigenvalue weighted by Gasteiger charge is 2.28. The number of anilines is 3. The van der Waals surface area contributed by atoms with Crippen LogP contribution in [0.3, 0.4) is 0 Å². The summed E-state index contributed by atoms with van der Waals surface area (Å²) in [4.78, 5) is 24.4. The molecule has 1 atom stereocenters. The lowest BCUT2D eigenvalue weighted by Gasteiger charge is -2.22. The van der Waals surface area contributed by atoms with Crippen LogP contribution in [-0.4, -0.2) is 43.7 Å². The van der Waals surface area contributed by atoms with Crippen molar-refractivity contribution in [2.45, 2.75) is 45.1 Å². The number of carbonyl (C=O) groups is 1. The Morgan fingerprint density at radius 1 is 1.26 bits per heavy atom. The number of hydrogen-bond donors (Lipinski definition) is 3. The molecular formula is C24H29N9OS. The first-order valence-electron chi connectivity index (χ1n) is 12.2. The minimum Gasteiger partial charge on any atom is -0.401 e. The monoisotopic (exact) mass is 491 g/mol. The molecule has 4 N–H and O–H groups in total. The molecule has 182 valence electrons. The Kier molecular flexibility index (Phi) is 5.63. The summed E-state index contributed by atoms with van der Waals surface area (Å²) >= 11 is 1.44. The molecule has 1 unspecified atom stereocenters. The van der Waals surface area contributed by atoms with Crippen molar-refractivity contribution >= 4 is 34.4 Å². The summed E-state index contributed by atoms with van der Waals surface area (Å²) in [5.41, 5.74) is 9.19. The maximum absolute atomic E-state index is 13.1. The summed E-state index contributed by atoms with van der Waals surface area (Å²) in [6.45, 7) is 4.19. The van der Waals surface area contributed by atoms with Crippen molar-refractivity contribution < 1.29 is 4.79 Å². The molecule has 10 nitrogen and oxygen atoms in total. The van der Waals surface area contributed by atoms with Gasteiger partial charge in [0.2, 0.25) is 0 Å². The maximum Gasteiger partial charge on any atom is 0.275 e. The topological polar surface area (TPSA) is 127 Å². The van der Waals surface area contributed by atoms with Crippen LogP contribution in [0.1, 0.15) is 55.6 Å². The molecule has 2 saturated carbocycles. The second-order valence-electron chi connectivity index (χ2n) is 9.77. The number of amides is 1. The molecule has 4 heterocycles. The number of nitrogens with two attached hydrogens (primary N) is 1. The second-order valence-corrected chi connectivity index (χ2v) is 10.6. The molecular weight excluding hydrogens is 462 g/mol. The molecule has 0 radical (unpaired) electrons. The number of thiazole rings is 1. The van der Waals surface area contributed by atoms with Crippen molar-refractivity contribution in [1.82, 2.24) is 24.7 Å². The fraction of sp³-hybridized carbons (Fsp3) is 0.458. The third-order valence-corrected chi connectivity index (χ3v) is 7.61. The van der Waals surface area contributed by atoms with E-state index in [-0.39, 0.29) is 5.91 Å². The zero-order valence-electron chi connectivity index (χ0n) is 19.6. The predicted molar refractivity (Wildman–Crippen MR) is 136 cm³/mol. The first-order chi connectivity index (χ1) is 17.0. The van der Waals surface area contributed by atoms with Gasteiger partial charge in [0, 0.05) is 36.4 Å². The Balaban J connectivity index is 1.21. The van der Waals surface area contributed by atoms with E-state index in [0.717, 1.165) is 73.1 Å². The van der Waals surface area contributed by atoms with E-state index in [9.17, 15) is 4.79 Å². The van der Waals surface area contributed by atoms with E-state index in [2.05, 4.69) is 47.2 Å². The van der Waals surface area contributed by atoms with E-state index in [0.29, 0.717) is 29.4 Å². The van der Waals surface area contributed by atoms with E-state index in [1.807, 2.05) is 11.6 Å². The molecule has 1 saturated heterocycles. The van der Waals surface area contributed by atoms with Crippen LogP contribution in [0.15, 0.2) is 35.9 Å². The second kappa shape index (κ2) is 8.95. The van der Waals surface area contributed by atoms with Crippen LogP contribution in [0.2, 0.25) is 0 Å². The highest BCUT2D eigenvalue weighted by atomic mass is 32.1. The number of nitrogens with zero attached hydrogens (tertiary/aromatic N) is 6. The molecule has 3 aromatic rings. The van der Waals surface area contributed by atoms with Crippen molar-refractivity contribution in [2.24, 2.45) is 17.6 Å². The summed E-state index contributed by atoms with van der Waals surface area (Å²) in [6.07, 6.45) is 11.1. The highest BCUT2D eigenvalue weighted by Crippen LogP contribution is 2.38. The summed E-state index contributed by atoms with van der Waals surface area (Å²) in [6, 6.07) is 2.25. The Bertz CT molecular complexity index is 1270. The van der Waals surface area contributed by atoms with Gasteiger partial charge in [-0.15, -0.1) is 21.5 Å². The average molecular weight is 492 g/mol. The van der Waals surface area contributed by atoms with Crippen molar-refractivity contribution in [3.63, 3.8) is 0 Å². The maximum atomic E-state index is 13.1. The van der Waals surface area contributed by atoms with Crippen LogP contribution >= 0.6 is 11.3 Å². The smallest absolute Gasteiger partial charge is 0.275 e. The zero-order chi connectivity index (χ0) is 23.9. The van der Waals surface area contributed by atoms with Crippen LogP contribution < -0.4 is 21.3 Å². The van der Waals surface area contributed by atoms with E-state index >= 15 is 0 Å². The third kappa shape index (κ3) is 4.72. The fourth-order valence-corrected chi connectivity index (χ4v) is 5.16. The van der Waals surface area contributed by atoms with E-state index in [1.54, 1.807) is 18.6 Å². The van der Waals surface area contributed by atoms with Gasteiger partial charge < -0.3 is 25.8 Å². The molecule has 0 spiro atoms. The molecule has 6 rings (SSSR count). The Morgan fingerprint density at radius 3 is 2.86 bits per heavy atom. The van der Waals surface area contributed by atoms with Crippen molar-refractivity contribution in [3.8, 4) is 10.8 Å². The largest absolute Gasteiger partial charge is 0.401 e. The van der Waals surface area contributed by atoms with Crippen molar-refractivity contribution in [2.75, 3.05) is 28.6 Å².